The lowest BCUT2D eigenvalue weighted by Gasteiger charge is -2.18. The molecule has 0 aliphatic carbocycles. The second kappa shape index (κ2) is 6.30. The van der Waals surface area contributed by atoms with Gasteiger partial charge < -0.3 is 10.2 Å². The van der Waals surface area contributed by atoms with Crippen LogP contribution >= 0.6 is 0 Å². The summed E-state index contributed by atoms with van der Waals surface area (Å²) in [5.74, 6) is -2.23. The van der Waals surface area contributed by atoms with Crippen molar-refractivity contribution in [3.63, 3.8) is 0 Å². The van der Waals surface area contributed by atoms with Gasteiger partial charge in [0.1, 0.15) is 29.2 Å². The van der Waals surface area contributed by atoms with Crippen molar-refractivity contribution >= 4 is 17.4 Å². The first-order chi connectivity index (χ1) is 11.8. The van der Waals surface area contributed by atoms with E-state index in [-0.39, 0.29) is 18.8 Å². The Bertz CT molecular complexity index is 771. The third-order valence-corrected chi connectivity index (χ3v) is 3.83. The number of amides is 1. The van der Waals surface area contributed by atoms with E-state index in [9.17, 15) is 26.7 Å². The standard InChI is InChI=1S/C16H12F5N3O/c17-10-2-1-3-11(18)14(10)24-7-6-12(15(24)25)23-13-5-4-9(8-22-13)16(19,20)21/h1-5,8,12H,6-7H2,(H,22,23). The van der Waals surface area contributed by atoms with Crippen LogP contribution < -0.4 is 10.2 Å². The van der Waals surface area contributed by atoms with Crippen LogP contribution in [0.3, 0.4) is 0 Å². The van der Waals surface area contributed by atoms with E-state index in [1.165, 1.54) is 6.07 Å². The van der Waals surface area contributed by atoms with Gasteiger partial charge in [-0.1, -0.05) is 6.07 Å². The van der Waals surface area contributed by atoms with Gasteiger partial charge in [0.05, 0.1) is 5.56 Å². The number of rotatable bonds is 3. The number of pyridine rings is 1. The summed E-state index contributed by atoms with van der Waals surface area (Å²) < 4.78 is 65.2. The van der Waals surface area contributed by atoms with Crippen LogP contribution in [0, 0.1) is 11.6 Å². The molecule has 0 radical (unpaired) electrons. The average Bonchev–Trinajstić information content (AvgIpc) is 2.88. The Balaban J connectivity index is 1.75. The first-order valence-electron chi connectivity index (χ1n) is 7.32. The lowest BCUT2D eigenvalue weighted by molar-refractivity contribution is -0.137. The Morgan fingerprint density at radius 2 is 1.80 bits per heavy atom. The number of hydrogen-bond donors (Lipinski definition) is 1. The molecule has 1 N–H and O–H groups in total. The molecule has 3 rings (SSSR count). The fourth-order valence-corrected chi connectivity index (χ4v) is 2.61. The summed E-state index contributed by atoms with van der Waals surface area (Å²) in [5.41, 5.74) is -1.34. The summed E-state index contributed by atoms with van der Waals surface area (Å²) in [6.07, 6.45) is -3.63. The molecule has 1 aliphatic heterocycles. The number of benzene rings is 1. The predicted molar refractivity (Wildman–Crippen MR) is 80.0 cm³/mol. The average molecular weight is 357 g/mol. The zero-order valence-corrected chi connectivity index (χ0v) is 12.6. The Morgan fingerprint density at radius 1 is 1.12 bits per heavy atom. The third-order valence-electron chi connectivity index (χ3n) is 3.83. The van der Waals surface area contributed by atoms with Crippen LogP contribution in [0.1, 0.15) is 12.0 Å². The molecule has 1 unspecified atom stereocenters. The number of halogens is 5. The molecule has 4 nitrogen and oxygen atoms in total. The van der Waals surface area contributed by atoms with E-state index in [0.29, 0.717) is 6.20 Å². The molecular weight excluding hydrogens is 345 g/mol. The smallest absolute Gasteiger partial charge is 0.358 e. The maximum atomic E-state index is 13.8. The van der Waals surface area contributed by atoms with E-state index < -0.39 is 41.0 Å². The van der Waals surface area contributed by atoms with Crippen molar-refractivity contribution in [2.75, 3.05) is 16.8 Å². The van der Waals surface area contributed by atoms with Gasteiger partial charge in [-0.05, 0) is 30.7 Å². The Morgan fingerprint density at radius 3 is 2.36 bits per heavy atom. The van der Waals surface area contributed by atoms with Crippen LogP contribution in [0.15, 0.2) is 36.5 Å². The van der Waals surface area contributed by atoms with Crippen molar-refractivity contribution in [3.8, 4) is 0 Å². The molecule has 25 heavy (non-hydrogen) atoms. The molecule has 1 atom stereocenters. The fourth-order valence-electron chi connectivity index (χ4n) is 2.61. The number of nitrogens with zero attached hydrogens (tertiary/aromatic N) is 2. The highest BCUT2D eigenvalue weighted by Crippen LogP contribution is 2.30. The monoisotopic (exact) mass is 357 g/mol. The lowest BCUT2D eigenvalue weighted by Crippen LogP contribution is -2.34. The molecule has 132 valence electrons. The minimum absolute atomic E-state index is 0.0715. The highest BCUT2D eigenvalue weighted by Gasteiger charge is 2.36. The Hall–Kier alpha value is -2.71. The highest BCUT2D eigenvalue weighted by molar-refractivity contribution is 6.01. The van der Waals surface area contributed by atoms with Crippen molar-refractivity contribution in [2.45, 2.75) is 18.6 Å². The molecule has 1 aromatic carbocycles. The van der Waals surface area contributed by atoms with Gasteiger partial charge in [-0.2, -0.15) is 13.2 Å². The summed E-state index contributed by atoms with van der Waals surface area (Å²) in [6, 6.07) is 4.39. The quantitative estimate of drug-likeness (QED) is 0.854. The molecular formula is C16H12F5N3O. The van der Waals surface area contributed by atoms with Gasteiger partial charge in [0.25, 0.3) is 0 Å². The van der Waals surface area contributed by atoms with Crippen LogP contribution in [0.4, 0.5) is 33.5 Å². The van der Waals surface area contributed by atoms with Crippen molar-refractivity contribution in [1.82, 2.24) is 4.98 Å². The van der Waals surface area contributed by atoms with Gasteiger partial charge in [0, 0.05) is 12.7 Å². The summed E-state index contributed by atoms with van der Waals surface area (Å²) in [6.45, 7) is 0.0784. The van der Waals surface area contributed by atoms with Crippen molar-refractivity contribution in [2.24, 2.45) is 0 Å². The van der Waals surface area contributed by atoms with Crippen molar-refractivity contribution < 1.29 is 26.7 Å². The number of anilines is 2. The largest absolute Gasteiger partial charge is 0.417 e. The molecule has 9 heteroatoms. The lowest BCUT2D eigenvalue weighted by atomic mass is 10.2. The molecule has 1 fully saturated rings. The van der Waals surface area contributed by atoms with E-state index >= 15 is 0 Å². The van der Waals surface area contributed by atoms with Crippen LogP contribution in [-0.2, 0) is 11.0 Å². The molecule has 1 aromatic heterocycles. The number of nitrogens with one attached hydrogen (secondary N) is 1. The van der Waals surface area contributed by atoms with Gasteiger partial charge in [0.15, 0.2) is 0 Å². The van der Waals surface area contributed by atoms with Gasteiger partial charge in [-0.3, -0.25) is 4.79 Å². The molecule has 0 bridgehead atoms. The summed E-state index contributed by atoms with van der Waals surface area (Å²) in [5, 5.41) is 2.69. The first kappa shape index (κ1) is 17.1. The molecule has 1 aliphatic rings. The maximum Gasteiger partial charge on any atom is 0.417 e. The predicted octanol–water partition coefficient (Wildman–Crippen LogP) is 3.60. The van der Waals surface area contributed by atoms with Crippen LogP contribution in [0.2, 0.25) is 0 Å². The summed E-state index contributed by atoms with van der Waals surface area (Å²) in [4.78, 5) is 17.0. The molecule has 2 heterocycles. The van der Waals surface area contributed by atoms with E-state index in [1.807, 2.05) is 0 Å². The number of aromatic nitrogens is 1. The topological polar surface area (TPSA) is 45.2 Å². The number of para-hydroxylation sites is 1. The van der Waals surface area contributed by atoms with Crippen LogP contribution in [-0.4, -0.2) is 23.5 Å². The normalized spacial score (nSPS) is 17.9. The second-order valence-corrected chi connectivity index (χ2v) is 5.48. The van der Waals surface area contributed by atoms with Crippen LogP contribution in [0.5, 0.6) is 0 Å². The maximum absolute atomic E-state index is 13.8. The number of hydrogen-bond acceptors (Lipinski definition) is 3. The van der Waals surface area contributed by atoms with Crippen molar-refractivity contribution in [3.05, 3.63) is 53.7 Å². The third kappa shape index (κ3) is 3.40. The van der Waals surface area contributed by atoms with Gasteiger partial charge in [-0.25, -0.2) is 13.8 Å². The Kier molecular flexibility index (Phi) is 4.32. The fraction of sp³-hybridized carbons (Fsp3) is 0.250. The molecule has 0 spiro atoms. The van der Waals surface area contributed by atoms with E-state index in [2.05, 4.69) is 10.3 Å². The minimum atomic E-state index is -4.51. The number of carbonyl (C=O) groups is 1. The van der Waals surface area contributed by atoms with Crippen LogP contribution in [0.25, 0.3) is 0 Å². The second-order valence-electron chi connectivity index (χ2n) is 5.48. The van der Waals surface area contributed by atoms with E-state index in [4.69, 9.17) is 0 Å². The van der Waals surface area contributed by atoms with E-state index in [0.717, 1.165) is 29.2 Å². The number of alkyl halides is 3. The molecule has 0 saturated carbocycles. The van der Waals surface area contributed by atoms with Gasteiger partial charge >= 0.3 is 6.18 Å². The molecule has 1 saturated heterocycles. The first-order valence-corrected chi connectivity index (χ1v) is 7.32. The molecule has 1 amide bonds. The van der Waals surface area contributed by atoms with Crippen molar-refractivity contribution in [1.29, 1.82) is 0 Å². The van der Waals surface area contributed by atoms with Gasteiger partial charge in [0.2, 0.25) is 5.91 Å². The molecule has 2 aromatic rings. The van der Waals surface area contributed by atoms with E-state index in [1.54, 1.807) is 0 Å². The Labute approximate surface area is 139 Å². The summed E-state index contributed by atoms with van der Waals surface area (Å²) in [7, 11) is 0. The summed E-state index contributed by atoms with van der Waals surface area (Å²) >= 11 is 0. The highest BCUT2D eigenvalue weighted by atomic mass is 19.4. The zero-order valence-electron chi connectivity index (χ0n) is 12.6. The number of carbonyl (C=O) groups excluding carboxylic acids is 1. The van der Waals surface area contributed by atoms with Gasteiger partial charge in [-0.15, -0.1) is 0 Å². The zero-order chi connectivity index (χ0) is 18.2. The SMILES string of the molecule is O=C1C(Nc2ccc(C(F)(F)F)cn2)CCN1c1c(F)cccc1F. The minimum Gasteiger partial charge on any atom is -0.358 e.